The van der Waals surface area contributed by atoms with Crippen LogP contribution in [0.5, 0.6) is 0 Å². The highest BCUT2D eigenvalue weighted by Crippen LogP contribution is 2.00. The van der Waals surface area contributed by atoms with Crippen molar-refractivity contribution >= 4 is 5.97 Å². The second-order valence-corrected chi connectivity index (χ2v) is 2.88. The minimum atomic E-state index is -0.834. The fourth-order valence-electron chi connectivity index (χ4n) is 0.508. The van der Waals surface area contributed by atoms with E-state index in [-0.39, 0.29) is 0 Å². The number of carboxylic acids is 1. The summed E-state index contributed by atoms with van der Waals surface area (Å²) in [5.74, 6) is -0.831. The predicted octanol–water partition coefficient (Wildman–Crippen LogP) is 1.02. The van der Waals surface area contributed by atoms with Gasteiger partial charge in [0.25, 0.3) is 0 Å². The first-order valence-corrected chi connectivity index (χ1v) is 3.60. The molecule has 0 unspecified atom stereocenters. The zero-order valence-electron chi connectivity index (χ0n) is 7.22. The van der Waals surface area contributed by atoms with E-state index >= 15 is 0 Å². The van der Waals surface area contributed by atoms with E-state index in [9.17, 15) is 4.79 Å². The fraction of sp³-hybridized carbons (Fsp3) is 0.625. The van der Waals surface area contributed by atoms with Crippen LogP contribution in [0.15, 0.2) is 12.2 Å². The molecule has 0 saturated carbocycles. The van der Waals surface area contributed by atoms with Gasteiger partial charge in [0, 0.05) is 6.54 Å². The van der Waals surface area contributed by atoms with Crippen molar-refractivity contribution in [2.45, 2.75) is 26.3 Å². The van der Waals surface area contributed by atoms with Crippen LogP contribution in [0.4, 0.5) is 0 Å². The van der Waals surface area contributed by atoms with Gasteiger partial charge in [-0.05, 0) is 20.8 Å². The van der Waals surface area contributed by atoms with Crippen LogP contribution in [-0.2, 0) is 4.79 Å². The molecule has 0 heterocycles. The lowest BCUT2D eigenvalue weighted by Crippen LogP contribution is -2.46. The van der Waals surface area contributed by atoms with Crippen LogP contribution in [0.25, 0.3) is 0 Å². The molecule has 3 heteroatoms. The Labute approximate surface area is 67.1 Å². The number of carbonyl (C=O) groups is 1. The zero-order valence-corrected chi connectivity index (χ0v) is 7.22. The molecule has 0 aromatic heterocycles. The highest BCUT2D eigenvalue weighted by atomic mass is 16.4. The second kappa shape index (κ2) is 4.13. The molecule has 0 atom stereocenters. The summed E-state index contributed by atoms with van der Waals surface area (Å²) in [7, 11) is 0. The van der Waals surface area contributed by atoms with E-state index in [1.807, 2.05) is 19.1 Å². The summed E-state index contributed by atoms with van der Waals surface area (Å²) in [5, 5.41) is 11.5. The number of allylic oxidation sites excluding steroid dienone is 1. The minimum absolute atomic E-state index is 0.593. The molecule has 0 fully saturated rings. The highest BCUT2D eigenvalue weighted by molar-refractivity contribution is 5.77. The van der Waals surface area contributed by atoms with Crippen LogP contribution in [-0.4, -0.2) is 23.2 Å². The average Bonchev–Trinajstić information content (AvgIpc) is 1.88. The smallest absolute Gasteiger partial charge is 0.323 e. The summed E-state index contributed by atoms with van der Waals surface area (Å²) < 4.78 is 0. The molecule has 0 aromatic carbocycles. The molecule has 0 bridgehead atoms. The first-order chi connectivity index (χ1) is 5.00. The van der Waals surface area contributed by atoms with E-state index < -0.39 is 11.5 Å². The molecule has 11 heavy (non-hydrogen) atoms. The third-order valence-corrected chi connectivity index (χ3v) is 1.43. The number of aliphatic carboxylic acids is 1. The van der Waals surface area contributed by atoms with Gasteiger partial charge in [-0.2, -0.15) is 0 Å². The SMILES string of the molecule is CC=CCNC(C)(C)C(=O)O. The van der Waals surface area contributed by atoms with E-state index in [4.69, 9.17) is 5.11 Å². The molecule has 0 spiro atoms. The van der Waals surface area contributed by atoms with Crippen molar-refractivity contribution in [3.05, 3.63) is 12.2 Å². The van der Waals surface area contributed by atoms with Crippen LogP contribution >= 0.6 is 0 Å². The number of hydrogen-bond acceptors (Lipinski definition) is 2. The van der Waals surface area contributed by atoms with Crippen LogP contribution in [0.2, 0.25) is 0 Å². The molecule has 0 saturated heterocycles. The van der Waals surface area contributed by atoms with Gasteiger partial charge in [-0.3, -0.25) is 10.1 Å². The molecular formula is C8H15NO2. The van der Waals surface area contributed by atoms with Crippen molar-refractivity contribution in [3.8, 4) is 0 Å². The van der Waals surface area contributed by atoms with Gasteiger partial charge in [0.05, 0.1) is 0 Å². The molecular weight excluding hydrogens is 142 g/mol. The summed E-state index contributed by atoms with van der Waals surface area (Å²) in [6, 6.07) is 0. The Morgan fingerprint density at radius 2 is 2.18 bits per heavy atom. The van der Waals surface area contributed by atoms with Crippen molar-refractivity contribution in [2.75, 3.05) is 6.54 Å². The summed E-state index contributed by atoms with van der Waals surface area (Å²) in [4.78, 5) is 10.5. The first kappa shape index (κ1) is 10.2. The maximum absolute atomic E-state index is 10.5. The third kappa shape index (κ3) is 3.78. The summed E-state index contributed by atoms with van der Waals surface area (Å²) in [5.41, 5.74) is -0.834. The van der Waals surface area contributed by atoms with E-state index in [1.165, 1.54) is 0 Å². The average molecular weight is 157 g/mol. The van der Waals surface area contributed by atoms with Crippen molar-refractivity contribution < 1.29 is 9.90 Å². The lowest BCUT2D eigenvalue weighted by atomic mass is 10.1. The zero-order chi connectivity index (χ0) is 8.91. The lowest BCUT2D eigenvalue weighted by molar-refractivity contribution is -0.143. The van der Waals surface area contributed by atoms with Crippen molar-refractivity contribution in [2.24, 2.45) is 0 Å². The van der Waals surface area contributed by atoms with Gasteiger partial charge in [-0.25, -0.2) is 0 Å². The van der Waals surface area contributed by atoms with Gasteiger partial charge < -0.3 is 5.11 Å². The maximum Gasteiger partial charge on any atom is 0.323 e. The van der Waals surface area contributed by atoms with E-state index in [0.29, 0.717) is 6.54 Å². The summed E-state index contributed by atoms with van der Waals surface area (Å²) >= 11 is 0. The van der Waals surface area contributed by atoms with E-state index in [2.05, 4.69) is 5.32 Å². The lowest BCUT2D eigenvalue weighted by Gasteiger charge is -2.19. The monoisotopic (exact) mass is 157 g/mol. The van der Waals surface area contributed by atoms with Gasteiger partial charge in [0.15, 0.2) is 0 Å². The Morgan fingerprint density at radius 1 is 1.64 bits per heavy atom. The predicted molar refractivity (Wildman–Crippen MR) is 44.5 cm³/mol. The molecule has 0 radical (unpaired) electrons. The summed E-state index contributed by atoms with van der Waals surface area (Å²) in [6.07, 6.45) is 3.76. The summed E-state index contributed by atoms with van der Waals surface area (Å²) in [6.45, 7) is 5.77. The Kier molecular flexibility index (Phi) is 3.82. The number of carboxylic acid groups (broad SMARTS) is 1. The Balaban J connectivity index is 3.82. The van der Waals surface area contributed by atoms with Crippen LogP contribution in [0, 0.1) is 0 Å². The van der Waals surface area contributed by atoms with Crippen molar-refractivity contribution in [1.82, 2.24) is 5.32 Å². The minimum Gasteiger partial charge on any atom is -0.480 e. The van der Waals surface area contributed by atoms with E-state index in [0.717, 1.165) is 0 Å². The number of nitrogens with one attached hydrogen (secondary N) is 1. The molecule has 0 aliphatic rings. The third-order valence-electron chi connectivity index (χ3n) is 1.43. The molecule has 2 N–H and O–H groups in total. The molecule has 3 nitrogen and oxygen atoms in total. The molecule has 0 aromatic rings. The van der Waals surface area contributed by atoms with Gasteiger partial charge in [-0.15, -0.1) is 0 Å². The molecule has 0 aliphatic heterocycles. The highest BCUT2D eigenvalue weighted by Gasteiger charge is 2.24. The van der Waals surface area contributed by atoms with Crippen LogP contribution in [0.3, 0.4) is 0 Å². The van der Waals surface area contributed by atoms with Gasteiger partial charge in [0.2, 0.25) is 0 Å². The molecule has 0 amide bonds. The van der Waals surface area contributed by atoms with Crippen LogP contribution < -0.4 is 5.32 Å². The fourth-order valence-corrected chi connectivity index (χ4v) is 0.508. The molecule has 64 valence electrons. The normalized spacial score (nSPS) is 12.3. The van der Waals surface area contributed by atoms with Crippen molar-refractivity contribution in [3.63, 3.8) is 0 Å². The Bertz CT molecular complexity index is 161. The van der Waals surface area contributed by atoms with Crippen LogP contribution in [0.1, 0.15) is 20.8 Å². The first-order valence-electron chi connectivity index (χ1n) is 3.60. The topological polar surface area (TPSA) is 49.3 Å². The van der Waals surface area contributed by atoms with Gasteiger partial charge in [-0.1, -0.05) is 12.2 Å². The number of rotatable bonds is 4. The van der Waals surface area contributed by atoms with Gasteiger partial charge in [0.1, 0.15) is 5.54 Å². The van der Waals surface area contributed by atoms with Crippen molar-refractivity contribution in [1.29, 1.82) is 0 Å². The number of hydrogen-bond donors (Lipinski definition) is 2. The molecule has 0 rings (SSSR count). The van der Waals surface area contributed by atoms with E-state index in [1.54, 1.807) is 13.8 Å². The maximum atomic E-state index is 10.5. The Morgan fingerprint density at radius 3 is 2.55 bits per heavy atom. The Hall–Kier alpha value is -0.830. The largest absolute Gasteiger partial charge is 0.480 e. The second-order valence-electron chi connectivity index (χ2n) is 2.88. The quantitative estimate of drug-likeness (QED) is 0.599. The van der Waals surface area contributed by atoms with Gasteiger partial charge >= 0.3 is 5.97 Å². The molecule has 0 aliphatic carbocycles. The standard InChI is InChI=1S/C8H15NO2/c1-4-5-6-9-8(2,3)7(10)11/h4-5,9H,6H2,1-3H3,(H,10,11).